The Morgan fingerprint density at radius 3 is 1.73 bits per heavy atom. The van der Waals surface area contributed by atoms with E-state index in [9.17, 15) is 0 Å². The van der Waals surface area contributed by atoms with Gasteiger partial charge in [-0.3, -0.25) is 0 Å². The maximum Gasteiger partial charge on any atom is -0.0105 e. The minimum Gasteiger partial charge on any atom is -0.103 e. The van der Waals surface area contributed by atoms with Crippen molar-refractivity contribution in [1.29, 1.82) is 0 Å². The second-order valence-corrected chi connectivity index (χ2v) is 17.6. The molecule has 0 heterocycles. The van der Waals surface area contributed by atoms with Crippen LogP contribution in [0.15, 0.2) is 55.1 Å². The highest BCUT2D eigenvalue weighted by Gasteiger charge is 2.40. The third-order valence-corrected chi connectivity index (χ3v) is 15.6. The maximum absolute atomic E-state index is 4.14. The van der Waals surface area contributed by atoms with Gasteiger partial charge in [-0.25, -0.2) is 0 Å². The van der Waals surface area contributed by atoms with E-state index < -0.39 is 0 Å². The summed E-state index contributed by atoms with van der Waals surface area (Å²) in [7, 11) is 0.0342. The second-order valence-electron chi connectivity index (χ2n) is 12.1. The summed E-state index contributed by atoms with van der Waals surface area (Å²) in [6.07, 6.45) is 30.5. The molecule has 3 rings (SSSR count). The van der Waals surface area contributed by atoms with Crippen molar-refractivity contribution in [3.8, 4) is 0 Å². The lowest BCUT2D eigenvalue weighted by molar-refractivity contribution is 0.535. The fraction of sp³-hybridized carbons (Fsp3) is 0.767. The summed E-state index contributed by atoms with van der Waals surface area (Å²) in [5.74, 6) is 0.944. The molecule has 0 nitrogen and oxygen atoms in total. The van der Waals surface area contributed by atoms with Crippen LogP contribution in [0.3, 0.4) is 0 Å². The van der Waals surface area contributed by atoms with E-state index in [0.29, 0.717) is 0 Å². The van der Waals surface area contributed by atoms with Crippen LogP contribution in [0.5, 0.6) is 0 Å². The van der Waals surface area contributed by atoms with E-state index >= 15 is 0 Å². The Balaban J connectivity index is -0.000000910. The maximum atomic E-state index is 4.14. The standard InChI is InChI=1S/C27H46P2.C5H10.C4H8.C3H8.2C2H6/c1-6-10-12-16-24(9-4)28(21-7-2)23(5)26-19-15-20-27(26)29(22-8-3)25-17-13-11-14-18-25;1-2-4-5-3-1;1-3-4-2;1-3-2;2*1-2/h8,11,13-14,17-18,23-24,26-27H,3,6-7,9-10,12,15-16,19-22H2,1-2,4-5H3;1-5H2;3-4H,1-2H3;3H2,1-2H3;2*1-2H3/b;;4-3-;;;. The van der Waals surface area contributed by atoms with Gasteiger partial charge in [-0.1, -0.05) is 196 Å². The smallest absolute Gasteiger partial charge is 0.0105 e. The molecule has 2 heteroatoms. The highest BCUT2D eigenvalue weighted by molar-refractivity contribution is 7.66. The summed E-state index contributed by atoms with van der Waals surface area (Å²) in [4.78, 5) is 0. The Bertz CT molecular complexity index is 696. The van der Waals surface area contributed by atoms with Crippen molar-refractivity contribution in [1.82, 2.24) is 0 Å². The third kappa shape index (κ3) is 23.5. The van der Waals surface area contributed by atoms with Gasteiger partial charge < -0.3 is 0 Å². The summed E-state index contributed by atoms with van der Waals surface area (Å²) in [5, 5.41) is 1.61. The summed E-state index contributed by atoms with van der Waals surface area (Å²) in [5.41, 5.74) is 2.84. The number of allylic oxidation sites excluding steroid dienone is 3. The molecule has 0 saturated heterocycles. The van der Waals surface area contributed by atoms with Crippen molar-refractivity contribution >= 4 is 21.1 Å². The Labute approximate surface area is 290 Å². The van der Waals surface area contributed by atoms with Crippen molar-refractivity contribution in [3.05, 3.63) is 55.1 Å². The van der Waals surface area contributed by atoms with Gasteiger partial charge in [0.2, 0.25) is 0 Å². The lowest BCUT2D eigenvalue weighted by Gasteiger charge is -2.40. The molecule has 2 saturated carbocycles. The van der Waals surface area contributed by atoms with Gasteiger partial charge in [-0.15, -0.1) is 14.5 Å². The van der Waals surface area contributed by atoms with E-state index in [0.717, 1.165) is 22.9 Å². The molecule has 0 bridgehead atoms. The van der Waals surface area contributed by atoms with Crippen molar-refractivity contribution in [2.24, 2.45) is 5.92 Å². The van der Waals surface area contributed by atoms with Crippen molar-refractivity contribution in [2.45, 2.75) is 196 Å². The molecule has 0 aromatic heterocycles. The van der Waals surface area contributed by atoms with E-state index in [-0.39, 0.29) is 15.8 Å². The molecule has 2 aliphatic rings. The van der Waals surface area contributed by atoms with Crippen LogP contribution in [-0.2, 0) is 0 Å². The summed E-state index contributed by atoms with van der Waals surface area (Å²) in [6, 6.07) is 11.4. The minimum atomic E-state index is -0.108. The minimum absolute atomic E-state index is 0.108. The molecule has 0 N–H and O–H groups in total. The first-order valence-electron chi connectivity index (χ1n) is 19.8. The summed E-state index contributed by atoms with van der Waals surface area (Å²) >= 11 is 0. The Morgan fingerprint density at radius 1 is 0.778 bits per heavy atom. The van der Waals surface area contributed by atoms with Crippen molar-refractivity contribution in [3.63, 3.8) is 0 Å². The van der Waals surface area contributed by atoms with Crippen LogP contribution in [0.1, 0.15) is 179 Å². The number of unbranched alkanes of at least 4 members (excludes halogenated alkanes) is 2. The van der Waals surface area contributed by atoms with E-state index in [1.165, 1.54) is 109 Å². The average molecular weight is 663 g/mol. The topological polar surface area (TPSA) is 0 Å². The normalized spacial score (nSPS) is 19.3. The van der Waals surface area contributed by atoms with Crippen LogP contribution in [0.4, 0.5) is 0 Å². The number of benzene rings is 1. The molecule has 0 spiro atoms. The first-order chi connectivity index (χ1) is 22.0. The van der Waals surface area contributed by atoms with E-state index in [2.05, 4.69) is 84.5 Å². The van der Waals surface area contributed by atoms with Crippen molar-refractivity contribution in [2.75, 3.05) is 12.3 Å². The molecular weight excluding hydrogens is 578 g/mol. The SMILES string of the molecule is C/C=C\C.C1CCCC1.C=CCP(c1ccccc1)C1CCCC1C(C)P(CCC)C(CC)CCCCC.CC.CC.CCC. The van der Waals surface area contributed by atoms with Crippen LogP contribution in [0.25, 0.3) is 0 Å². The molecule has 1 aromatic rings. The van der Waals surface area contributed by atoms with Crippen LogP contribution in [-0.4, -0.2) is 29.3 Å². The highest BCUT2D eigenvalue weighted by atomic mass is 31.1. The number of hydrogen-bond donors (Lipinski definition) is 0. The van der Waals surface area contributed by atoms with Gasteiger partial charge in [0, 0.05) is 0 Å². The molecule has 6 unspecified atom stereocenters. The zero-order valence-electron chi connectivity index (χ0n) is 33.1. The number of rotatable bonds is 14. The molecule has 0 radical (unpaired) electrons. The molecule has 2 fully saturated rings. The third-order valence-electron chi connectivity index (χ3n) is 8.63. The zero-order valence-corrected chi connectivity index (χ0v) is 34.8. The van der Waals surface area contributed by atoms with Crippen LogP contribution >= 0.6 is 15.8 Å². The van der Waals surface area contributed by atoms with Gasteiger partial charge in [-0.05, 0) is 80.1 Å². The van der Waals surface area contributed by atoms with Gasteiger partial charge in [0.05, 0.1) is 0 Å². The molecule has 45 heavy (non-hydrogen) atoms. The molecule has 266 valence electrons. The van der Waals surface area contributed by atoms with Crippen LogP contribution in [0.2, 0.25) is 0 Å². The Hall–Kier alpha value is -0.440. The van der Waals surface area contributed by atoms with Crippen LogP contribution in [0, 0.1) is 5.92 Å². The molecular formula is C43H84P2. The van der Waals surface area contributed by atoms with E-state index in [4.69, 9.17) is 0 Å². The lowest BCUT2D eigenvalue weighted by Crippen LogP contribution is -2.29. The predicted octanol–water partition coefficient (Wildman–Crippen LogP) is 15.8. The molecule has 0 amide bonds. The van der Waals surface area contributed by atoms with Gasteiger partial charge in [-0.2, -0.15) is 0 Å². The quantitative estimate of drug-likeness (QED) is 0.106. The molecule has 6 atom stereocenters. The lowest BCUT2D eigenvalue weighted by atomic mass is 10.0. The first-order valence-corrected chi connectivity index (χ1v) is 23.0. The average Bonchev–Trinajstić information content (AvgIpc) is 3.84. The van der Waals surface area contributed by atoms with Gasteiger partial charge in [0.15, 0.2) is 0 Å². The summed E-state index contributed by atoms with van der Waals surface area (Å²) < 4.78 is 0. The summed E-state index contributed by atoms with van der Waals surface area (Å²) in [6.45, 7) is 30.3. The Kier molecular flexibility index (Phi) is 41.4. The van der Waals surface area contributed by atoms with Gasteiger partial charge in [0.1, 0.15) is 0 Å². The fourth-order valence-corrected chi connectivity index (χ4v) is 13.4. The Morgan fingerprint density at radius 2 is 1.31 bits per heavy atom. The zero-order chi connectivity index (χ0) is 34.7. The largest absolute Gasteiger partial charge is 0.103 e. The molecule has 1 aromatic carbocycles. The molecule has 0 aliphatic heterocycles. The highest BCUT2D eigenvalue weighted by Crippen LogP contribution is 2.60. The monoisotopic (exact) mass is 663 g/mol. The number of hydrogen-bond acceptors (Lipinski definition) is 0. The second kappa shape index (κ2) is 38.0. The van der Waals surface area contributed by atoms with Gasteiger partial charge >= 0.3 is 0 Å². The molecule has 2 aliphatic carbocycles. The first kappa shape index (κ1) is 49.0. The fourth-order valence-electron chi connectivity index (χ4n) is 6.45. The van der Waals surface area contributed by atoms with E-state index in [1.54, 1.807) is 5.30 Å². The van der Waals surface area contributed by atoms with Gasteiger partial charge in [0.25, 0.3) is 0 Å². The predicted molar refractivity (Wildman–Crippen MR) is 221 cm³/mol. The van der Waals surface area contributed by atoms with Crippen LogP contribution < -0.4 is 5.30 Å². The van der Waals surface area contributed by atoms with Crippen molar-refractivity contribution < 1.29 is 0 Å². The van der Waals surface area contributed by atoms with E-state index in [1.807, 2.05) is 53.7 Å².